The molecule has 56 valence electrons. The number of halogens is 1. The highest BCUT2D eigenvalue weighted by atomic mass is 127. The van der Waals surface area contributed by atoms with Crippen molar-refractivity contribution in [3.8, 4) is 11.4 Å². The standard InChI is InChI=1S/C7H5IN2O/c8-6-3-5-1-2-9-7(5)10(11)4-6/h1-4,11H. The zero-order valence-electron chi connectivity index (χ0n) is 5.53. The zero-order chi connectivity index (χ0) is 7.84. The van der Waals surface area contributed by atoms with Crippen molar-refractivity contribution >= 4 is 22.6 Å². The molecule has 2 heterocycles. The molecule has 0 fully saturated rings. The molecule has 4 heteroatoms. The number of aromatic nitrogens is 2. The fourth-order valence-corrected chi connectivity index (χ4v) is 1.60. The molecule has 2 aliphatic heterocycles. The van der Waals surface area contributed by atoms with Crippen LogP contribution in [0.4, 0.5) is 0 Å². The molecule has 1 N–H and O–H groups in total. The van der Waals surface area contributed by atoms with E-state index < -0.39 is 0 Å². The molecule has 0 aromatic heterocycles. The summed E-state index contributed by atoms with van der Waals surface area (Å²) in [6, 6.07) is 3.83. The van der Waals surface area contributed by atoms with Gasteiger partial charge < -0.3 is 5.21 Å². The number of fused-ring (bicyclic) bond motifs is 1. The summed E-state index contributed by atoms with van der Waals surface area (Å²) in [6.07, 6.45) is 3.30. The third-order valence-corrected chi connectivity index (χ3v) is 2.06. The Morgan fingerprint density at radius 1 is 1.55 bits per heavy atom. The molecule has 0 bridgehead atoms. The Balaban J connectivity index is 2.79. The number of pyridine rings is 1. The van der Waals surface area contributed by atoms with Gasteiger partial charge in [0, 0.05) is 15.3 Å². The van der Waals surface area contributed by atoms with Crippen molar-refractivity contribution in [2.75, 3.05) is 0 Å². The lowest BCUT2D eigenvalue weighted by Crippen LogP contribution is -1.98. The Morgan fingerprint density at radius 3 is 3.18 bits per heavy atom. The Morgan fingerprint density at radius 2 is 2.36 bits per heavy atom. The monoisotopic (exact) mass is 260 g/mol. The van der Waals surface area contributed by atoms with Crippen LogP contribution < -0.4 is 0 Å². The third-order valence-electron chi connectivity index (χ3n) is 1.47. The summed E-state index contributed by atoms with van der Waals surface area (Å²) in [5.74, 6) is 0.602. The molecule has 0 aromatic carbocycles. The average molecular weight is 260 g/mol. The van der Waals surface area contributed by atoms with Crippen molar-refractivity contribution in [3.63, 3.8) is 0 Å². The molecule has 0 radical (unpaired) electrons. The molecule has 0 amide bonds. The number of rotatable bonds is 0. The maximum absolute atomic E-state index is 9.29. The van der Waals surface area contributed by atoms with Crippen molar-refractivity contribution in [1.82, 2.24) is 9.71 Å². The van der Waals surface area contributed by atoms with Crippen LogP contribution in [0.1, 0.15) is 0 Å². The predicted octanol–water partition coefficient (Wildman–Crippen LogP) is 1.83. The van der Waals surface area contributed by atoms with Crippen LogP contribution in [0.25, 0.3) is 11.4 Å². The van der Waals surface area contributed by atoms with Crippen LogP contribution >= 0.6 is 22.6 Å². The first-order valence-electron chi connectivity index (χ1n) is 3.09. The Labute approximate surface area is 77.1 Å². The zero-order valence-corrected chi connectivity index (χ0v) is 7.69. The maximum atomic E-state index is 9.29. The van der Waals surface area contributed by atoms with Crippen molar-refractivity contribution < 1.29 is 5.21 Å². The molecule has 3 nitrogen and oxygen atoms in total. The van der Waals surface area contributed by atoms with Crippen LogP contribution in [0.15, 0.2) is 24.5 Å². The lowest BCUT2D eigenvalue weighted by atomic mass is 10.3. The van der Waals surface area contributed by atoms with Gasteiger partial charge in [0.2, 0.25) is 0 Å². The van der Waals surface area contributed by atoms with E-state index in [0.717, 1.165) is 13.9 Å². The summed E-state index contributed by atoms with van der Waals surface area (Å²) in [5, 5.41) is 9.29. The Kier molecular flexibility index (Phi) is 1.49. The largest absolute Gasteiger partial charge is 0.427 e. The molecular weight excluding hydrogens is 255 g/mol. The molecule has 0 saturated carbocycles. The van der Waals surface area contributed by atoms with Gasteiger partial charge in [-0.2, -0.15) is 4.73 Å². The van der Waals surface area contributed by atoms with Gasteiger partial charge in [0.05, 0.1) is 6.20 Å². The van der Waals surface area contributed by atoms with E-state index in [9.17, 15) is 5.21 Å². The summed E-state index contributed by atoms with van der Waals surface area (Å²) in [5.41, 5.74) is 0.958. The van der Waals surface area contributed by atoms with Gasteiger partial charge in [-0.25, -0.2) is 4.98 Å². The van der Waals surface area contributed by atoms with Gasteiger partial charge in [-0.15, -0.1) is 0 Å². The van der Waals surface area contributed by atoms with E-state index in [1.54, 1.807) is 12.4 Å². The average Bonchev–Trinajstić information content (AvgIpc) is 2.34. The van der Waals surface area contributed by atoms with E-state index in [1.807, 2.05) is 12.1 Å². The summed E-state index contributed by atoms with van der Waals surface area (Å²) in [7, 11) is 0. The van der Waals surface area contributed by atoms with Crippen molar-refractivity contribution in [3.05, 3.63) is 28.1 Å². The van der Waals surface area contributed by atoms with Crippen LogP contribution in [0.3, 0.4) is 0 Å². The van der Waals surface area contributed by atoms with Crippen molar-refractivity contribution in [2.24, 2.45) is 0 Å². The minimum atomic E-state index is 0.602. The first-order chi connectivity index (χ1) is 5.27. The quantitative estimate of drug-likeness (QED) is 0.579. The summed E-state index contributed by atoms with van der Waals surface area (Å²) >= 11 is 2.14. The number of nitrogens with zero attached hydrogens (tertiary/aromatic N) is 2. The number of hydrogen-bond acceptors (Lipinski definition) is 2. The molecule has 0 spiro atoms. The fourth-order valence-electron chi connectivity index (χ4n) is 1.01. The first kappa shape index (κ1) is 6.90. The third kappa shape index (κ3) is 1.07. The molecule has 0 aromatic rings. The predicted molar refractivity (Wildman–Crippen MR) is 48.8 cm³/mol. The second-order valence-electron chi connectivity index (χ2n) is 2.23. The molecule has 0 aliphatic carbocycles. The molecular formula is C7H5IN2O. The highest BCUT2D eigenvalue weighted by Crippen LogP contribution is 2.20. The maximum Gasteiger partial charge on any atom is 0.175 e. The summed E-state index contributed by atoms with van der Waals surface area (Å²) in [4.78, 5) is 3.97. The molecule has 2 aliphatic rings. The van der Waals surface area contributed by atoms with E-state index in [-0.39, 0.29) is 0 Å². The van der Waals surface area contributed by atoms with Gasteiger partial charge in [-0.1, -0.05) is 0 Å². The Bertz CT molecular complexity index is 358. The van der Waals surface area contributed by atoms with Gasteiger partial charge in [-0.05, 0) is 34.7 Å². The minimum Gasteiger partial charge on any atom is -0.427 e. The van der Waals surface area contributed by atoms with Crippen molar-refractivity contribution in [2.45, 2.75) is 0 Å². The lowest BCUT2D eigenvalue weighted by molar-refractivity contribution is 0.186. The van der Waals surface area contributed by atoms with Gasteiger partial charge in [0.25, 0.3) is 0 Å². The second-order valence-corrected chi connectivity index (χ2v) is 3.47. The van der Waals surface area contributed by atoms with Gasteiger partial charge in [0.15, 0.2) is 5.82 Å². The highest BCUT2D eigenvalue weighted by Gasteiger charge is 2.07. The molecule has 0 saturated heterocycles. The highest BCUT2D eigenvalue weighted by molar-refractivity contribution is 14.1. The van der Waals surface area contributed by atoms with Crippen molar-refractivity contribution in [1.29, 1.82) is 0 Å². The topological polar surface area (TPSA) is 38.0 Å². The second kappa shape index (κ2) is 2.37. The SMILES string of the molecule is On1cc(I)cc2ccnc1-2. The minimum absolute atomic E-state index is 0.602. The van der Waals surface area contributed by atoms with E-state index in [2.05, 4.69) is 27.6 Å². The van der Waals surface area contributed by atoms with E-state index in [1.165, 1.54) is 0 Å². The van der Waals surface area contributed by atoms with Gasteiger partial charge in [-0.3, -0.25) is 0 Å². The summed E-state index contributed by atoms with van der Waals surface area (Å²) < 4.78 is 2.03. The van der Waals surface area contributed by atoms with E-state index >= 15 is 0 Å². The van der Waals surface area contributed by atoms with Crippen LogP contribution in [0.2, 0.25) is 0 Å². The fraction of sp³-hybridized carbons (Fsp3) is 0. The van der Waals surface area contributed by atoms with Crippen LogP contribution in [-0.2, 0) is 0 Å². The normalized spacial score (nSPS) is 10.6. The molecule has 0 atom stereocenters. The van der Waals surface area contributed by atoms with Crippen LogP contribution in [0.5, 0.6) is 0 Å². The van der Waals surface area contributed by atoms with Crippen LogP contribution in [-0.4, -0.2) is 14.9 Å². The van der Waals surface area contributed by atoms with Crippen LogP contribution in [0, 0.1) is 3.57 Å². The van der Waals surface area contributed by atoms with Gasteiger partial charge in [0.1, 0.15) is 0 Å². The van der Waals surface area contributed by atoms with E-state index in [4.69, 9.17) is 0 Å². The van der Waals surface area contributed by atoms with Gasteiger partial charge >= 0.3 is 0 Å². The number of hydrogen-bond donors (Lipinski definition) is 1. The molecule has 11 heavy (non-hydrogen) atoms. The Hall–Kier alpha value is -0.780. The van der Waals surface area contributed by atoms with E-state index in [0.29, 0.717) is 5.82 Å². The molecule has 0 unspecified atom stereocenters. The first-order valence-corrected chi connectivity index (χ1v) is 4.17. The smallest absolute Gasteiger partial charge is 0.175 e. The molecule has 2 rings (SSSR count). The lowest BCUT2D eigenvalue weighted by Gasteiger charge is -2.03. The summed E-state index contributed by atoms with van der Waals surface area (Å²) in [6.45, 7) is 0.